The number of phenols is 1. The third-order valence-electron chi connectivity index (χ3n) is 4.52. The van der Waals surface area contributed by atoms with E-state index in [4.69, 9.17) is 9.47 Å². The molecular weight excluding hydrogens is 424 g/mol. The summed E-state index contributed by atoms with van der Waals surface area (Å²) in [5, 5.41) is 14.9. The Hall–Kier alpha value is -4.33. The zero-order chi connectivity index (χ0) is 23.8. The van der Waals surface area contributed by atoms with E-state index in [1.165, 1.54) is 25.1 Å². The van der Waals surface area contributed by atoms with Crippen LogP contribution in [0.2, 0.25) is 0 Å². The molecule has 0 aromatic heterocycles. The molecule has 0 fully saturated rings. The average Bonchev–Trinajstić information content (AvgIpc) is 2.79. The molecule has 0 saturated carbocycles. The summed E-state index contributed by atoms with van der Waals surface area (Å²) in [5.74, 6) is -0.260. The average molecular weight is 448 g/mol. The first-order valence-corrected chi connectivity index (χ1v) is 10.2. The molecule has 0 radical (unpaired) electrons. The van der Waals surface area contributed by atoms with Gasteiger partial charge in [0.15, 0.2) is 6.10 Å². The highest BCUT2D eigenvalue weighted by Gasteiger charge is 2.15. The Labute approximate surface area is 191 Å². The van der Waals surface area contributed by atoms with Crippen LogP contribution >= 0.6 is 0 Å². The topological polar surface area (TPSA) is 114 Å². The predicted octanol–water partition coefficient (Wildman–Crippen LogP) is 3.65. The summed E-state index contributed by atoms with van der Waals surface area (Å²) in [6, 6.07) is 19.5. The largest absolute Gasteiger partial charge is 0.508 e. The quantitative estimate of drug-likeness (QED) is 0.358. The number of hydrogen-bond donors (Lipinski definition) is 3. The van der Waals surface area contributed by atoms with Gasteiger partial charge in [0, 0.05) is 24.7 Å². The van der Waals surface area contributed by atoms with Gasteiger partial charge in [-0.25, -0.2) is 0 Å². The summed E-state index contributed by atoms with van der Waals surface area (Å²) >= 11 is 0. The zero-order valence-electron chi connectivity index (χ0n) is 18.2. The molecule has 33 heavy (non-hydrogen) atoms. The van der Waals surface area contributed by atoms with Gasteiger partial charge in [-0.1, -0.05) is 18.2 Å². The van der Waals surface area contributed by atoms with Crippen LogP contribution in [0.4, 0.5) is 5.69 Å². The van der Waals surface area contributed by atoms with Crippen molar-refractivity contribution in [2.24, 2.45) is 0 Å². The molecule has 8 nitrogen and oxygen atoms in total. The summed E-state index contributed by atoms with van der Waals surface area (Å²) in [6.07, 6.45) is -0.762. The van der Waals surface area contributed by atoms with Crippen molar-refractivity contribution in [2.45, 2.75) is 26.5 Å². The van der Waals surface area contributed by atoms with Gasteiger partial charge in [-0.15, -0.1) is 0 Å². The van der Waals surface area contributed by atoms with E-state index in [2.05, 4.69) is 10.6 Å². The minimum absolute atomic E-state index is 0.112. The highest BCUT2D eigenvalue weighted by atomic mass is 16.5. The lowest BCUT2D eigenvalue weighted by Crippen LogP contribution is -2.30. The molecule has 0 spiro atoms. The Morgan fingerprint density at radius 3 is 2.39 bits per heavy atom. The lowest BCUT2D eigenvalue weighted by Gasteiger charge is -2.15. The number of rotatable bonds is 8. The van der Waals surface area contributed by atoms with Gasteiger partial charge in [-0.2, -0.15) is 0 Å². The lowest BCUT2D eigenvalue weighted by atomic mass is 10.1. The maximum Gasteiger partial charge on any atom is 0.308 e. The normalized spacial score (nSPS) is 11.2. The van der Waals surface area contributed by atoms with E-state index in [9.17, 15) is 19.5 Å². The first-order chi connectivity index (χ1) is 15.8. The van der Waals surface area contributed by atoms with E-state index in [0.29, 0.717) is 22.7 Å². The third-order valence-corrected chi connectivity index (χ3v) is 4.52. The standard InChI is InChI=1S/C25H24N2O6/c1-16(32-22-11-9-21(29)10-12-22)24(30)27-20-7-3-5-18(13-20)15-26-25(31)19-6-4-8-23(14-19)33-17(2)28/h3-14,16,29H,15H2,1-2H3,(H,26,31)(H,27,30). The molecule has 0 aliphatic carbocycles. The SMILES string of the molecule is CC(=O)Oc1cccc(C(=O)NCc2cccc(NC(=O)C(C)Oc3ccc(O)cc3)c2)c1. The van der Waals surface area contributed by atoms with Crippen LogP contribution in [0.5, 0.6) is 17.2 Å². The zero-order valence-corrected chi connectivity index (χ0v) is 18.2. The van der Waals surface area contributed by atoms with E-state index in [-0.39, 0.29) is 24.1 Å². The summed E-state index contributed by atoms with van der Waals surface area (Å²) < 4.78 is 10.6. The van der Waals surface area contributed by atoms with Crippen LogP contribution in [-0.2, 0) is 16.1 Å². The van der Waals surface area contributed by atoms with Gasteiger partial charge in [0.25, 0.3) is 11.8 Å². The molecule has 1 atom stereocenters. The summed E-state index contributed by atoms with van der Waals surface area (Å²) in [5.41, 5.74) is 1.70. The predicted molar refractivity (Wildman–Crippen MR) is 122 cm³/mol. The number of carbonyl (C=O) groups excluding carboxylic acids is 3. The minimum atomic E-state index is -0.762. The number of esters is 1. The maximum atomic E-state index is 12.5. The monoisotopic (exact) mass is 448 g/mol. The van der Waals surface area contributed by atoms with Gasteiger partial charge >= 0.3 is 5.97 Å². The number of aromatic hydroxyl groups is 1. The minimum Gasteiger partial charge on any atom is -0.508 e. The van der Waals surface area contributed by atoms with E-state index < -0.39 is 12.1 Å². The molecule has 0 aliphatic heterocycles. The van der Waals surface area contributed by atoms with Gasteiger partial charge in [0.1, 0.15) is 17.2 Å². The number of benzene rings is 3. The van der Waals surface area contributed by atoms with Crippen LogP contribution in [-0.4, -0.2) is 29.0 Å². The Morgan fingerprint density at radius 2 is 1.67 bits per heavy atom. The maximum absolute atomic E-state index is 12.5. The van der Waals surface area contributed by atoms with E-state index in [1.54, 1.807) is 55.5 Å². The summed E-state index contributed by atoms with van der Waals surface area (Å²) in [4.78, 5) is 36.0. The lowest BCUT2D eigenvalue weighted by molar-refractivity contribution is -0.131. The van der Waals surface area contributed by atoms with Crippen molar-refractivity contribution in [2.75, 3.05) is 5.32 Å². The van der Waals surface area contributed by atoms with Crippen LogP contribution in [0.3, 0.4) is 0 Å². The fourth-order valence-corrected chi connectivity index (χ4v) is 2.94. The number of carbonyl (C=O) groups is 3. The van der Waals surface area contributed by atoms with Crippen molar-refractivity contribution in [1.82, 2.24) is 5.32 Å². The van der Waals surface area contributed by atoms with Crippen LogP contribution in [0.15, 0.2) is 72.8 Å². The Kier molecular flexibility index (Phi) is 7.64. The van der Waals surface area contributed by atoms with Crippen molar-refractivity contribution in [3.05, 3.63) is 83.9 Å². The van der Waals surface area contributed by atoms with Crippen molar-refractivity contribution in [3.8, 4) is 17.2 Å². The van der Waals surface area contributed by atoms with E-state index >= 15 is 0 Å². The van der Waals surface area contributed by atoms with Crippen LogP contribution in [0.25, 0.3) is 0 Å². The third kappa shape index (κ3) is 7.10. The highest BCUT2D eigenvalue weighted by Crippen LogP contribution is 2.18. The number of amides is 2. The van der Waals surface area contributed by atoms with E-state index in [0.717, 1.165) is 5.56 Å². The van der Waals surface area contributed by atoms with Gasteiger partial charge < -0.3 is 25.2 Å². The van der Waals surface area contributed by atoms with Gasteiger partial charge in [0.05, 0.1) is 0 Å². The van der Waals surface area contributed by atoms with Gasteiger partial charge in [-0.05, 0) is 67.1 Å². The van der Waals surface area contributed by atoms with Crippen molar-refractivity contribution in [3.63, 3.8) is 0 Å². The van der Waals surface area contributed by atoms with Crippen LogP contribution in [0.1, 0.15) is 29.8 Å². The molecule has 170 valence electrons. The molecule has 3 rings (SSSR count). The van der Waals surface area contributed by atoms with Crippen LogP contribution in [0, 0.1) is 0 Å². The second-order valence-corrected chi connectivity index (χ2v) is 7.25. The summed E-state index contributed by atoms with van der Waals surface area (Å²) in [7, 11) is 0. The first kappa shape index (κ1) is 23.3. The molecule has 3 N–H and O–H groups in total. The Bertz CT molecular complexity index is 1140. The molecule has 2 amide bonds. The van der Waals surface area contributed by atoms with Gasteiger partial charge in [0.2, 0.25) is 0 Å². The number of phenolic OH excluding ortho intramolecular Hbond substituents is 1. The second kappa shape index (κ2) is 10.8. The molecule has 3 aromatic carbocycles. The highest BCUT2D eigenvalue weighted by molar-refractivity contribution is 5.95. The first-order valence-electron chi connectivity index (χ1n) is 10.2. The molecule has 1 unspecified atom stereocenters. The van der Waals surface area contributed by atoms with E-state index in [1.807, 2.05) is 6.07 Å². The molecule has 8 heteroatoms. The molecular formula is C25H24N2O6. The molecule has 0 saturated heterocycles. The summed E-state index contributed by atoms with van der Waals surface area (Å²) in [6.45, 7) is 3.15. The van der Waals surface area contributed by atoms with Gasteiger partial charge in [-0.3, -0.25) is 14.4 Å². The molecule has 0 bridgehead atoms. The Morgan fingerprint density at radius 1 is 0.939 bits per heavy atom. The molecule has 0 aliphatic rings. The fourth-order valence-electron chi connectivity index (χ4n) is 2.94. The second-order valence-electron chi connectivity index (χ2n) is 7.25. The smallest absolute Gasteiger partial charge is 0.308 e. The number of anilines is 1. The molecule has 0 heterocycles. The van der Waals surface area contributed by atoms with Crippen molar-refractivity contribution >= 4 is 23.5 Å². The number of hydrogen-bond acceptors (Lipinski definition) is 6. The Balaban J connectivity index is 1.56. The van der Waals surface area contributed by atoms with Crippen molar-refractivity contribution < 1.29 is 29.0 Å². The van der Waals surface area contributed by atoms with Crippen LogP contribution < -0.4 is 20.1 Å². The number of ether oxygens (including phenoxy) is 2. The number of nitrogens with one attached hydrogen (secondary N) is 2. The molecule has 3 aromatic rings. The van der Waals surface area contributed by atoms with Crippen molar-refractivity contribution in [1.29, 1.82) is 0 Å². The fraction of sp³-hybridized carbons (Fsp3) is 0.160.